The minimum absolute atomic E-state index is 0. The summed E-state index contributed by atoms with van der Waals surface area (Å²) in [5.74, 6) is 0. The van der Waals surface area contributed by atoms with E-state index in [0.29, 0.717) is 11.3 Å². The summed E-state index contributed by atoms with van der Waals surface area (Å²) in [4.78, 5) is 19.2. The summed E-state index contributed by atoms with van der Waals surface area (Å²) in [5.41, 5.74) is 1.20. The summed E-state index contributed by atoms with van der Waals surface area (Å²) in [6.07, 6.45) is 4.66. The first-order valence-electron chi connectivity index (χ1n) is 3.57. The Bertz CT molecular complexity index is 433. The Balaban J connectivity index is 0.000000845. The fraction of sp³-hybridized carbons (Fsp3) is 0. The molecule has 13 heavy (non-hydrogen) atoms. The minimum Gasteiger partial charge on any atom is -0.289 e. The van der Waals surface area contributed by atoms with Gasteiger partial charge < -0.3 is 0 Å². The van der Waals surface area contributed by atoms with Gasteiger partial charge in [0.05, 0.1) is 11.3 Å². The largest absolute Gasteiger partial charge is 0.289 e. The third-order valence-corrected chi connectivity index (χ3v) is 1.61. The van der Waals surface area contributed by atoms with Crippen molar-refractivity contribution in [2.45, 2.75) is 0 Å². The quantitative estimate of drug-likeness (QED) is 0.636. The zero-order valence-electron chi connectivity index (χ0n) is 6.68. The Morgan fingerprint density at radius 1 is 1.15 bits per heavy atom. The Morgan fingerprint density at radius 2 is 2.00 bits per heavy atom. The van der Waals surface area contributed by atoms with E-state index in [-0.39, 0.29) is 17.8 Å². The molecule has 1 heterocycles. The van der Waals surface area contributed by atoms with Crippen molar-refractivity contribution >= 4 is 12.4 Å². The number of benzene rings is 1. The molecule has 0 unspecified atom stereocenters. The highest BCUT2D eigenvalue weighted by Gasteiger charge is 2.02. The third-order valence-electron chi connectivity index (χ3n) is 1.61. The standard InChI is InChI=1S/C9H6N2O.ClH/c12-9-3-1-2-8-7(9)6-10-4-5-11-8;/h1-6H;1H. The van der Waals surface area contributed by atoms with Crippen LogP contribution < -0.4 is 5.43 Å². The maximum Gasteiger partial charge on any atom is 0.189 e. The average Bonchev–Trinajstić information content (AvgIpc) is 2.30. The molecule has 4 heteroatoms. The Labute approximate surface area is 81.2 Å². The van der Waals surface area contributed by atoms with Crippen molar-refractivity contribution in [2.24, 2.45) is 0 Å². The number of nitrogens with zero attached hydrogens (tertiary/aromatic N) is 2. The number of hydrogen-bond acceptors (Lipinski definition) is 3. The van der Waals surface area contributed by atoms with Gasteiger partial charge in [-0.05, 0) is 12.1 Å². The number of aromatic nitrogens is 2. The molecule has 0 N–H and O–H groups in total. The van der Waals surface area contributed by atoms with Gasteiger partial charge in [-0.25, -0.2) is 0 Å². The topological polar surface area (TPSA) is 42.9 Å². The van der Waals surface area contributed by atoms with E-state index in [2.05, 4.69) is 9.97 Å². The molecule has 2 rings (SSSR count). The van der Waals surface area contributed by atoms with Crippen LogP contribution in [0.1, 0.15) is 0 Å². The molecule has 2 aliphatic rings. The molecule has 3 nitrogen and oxygen atoms in total. The SMILES string of the molecule is Cl.O=c1cccc2nccncc1-2. The van der Waals surface area contributed by atoms with Gasteiger partial charge in [0.2, 0.25) is 0 Å². The van der Waals surface area contributed by atoms with E-state index in [1.165, 1.54) is 12.3 Å². The van der Waals surface area contributed by atoms with E-state index in [1.807, 2.05) is 0 Å². The maximum absolute atomic E-state index is 11.2. The van der Waals surface area contributed by atoms with Crippen LogP contribution in [-0.4, -0.2) is 9.97 Å². The van der Waals surface area contributed by atoms with Crippen LogP contribution in [-0.2, 0) is 0 Å². The predicted molar refractivity (Wildman–Crippen MR) is 52.2 cm³/mol. The van der Waals surface area contributed by atoms with Crippen molar-refractivity contribution in [3.63, 3.8) is 0 Å². The number of rotatable bonds is 0. The van der Waals surface area contributed by atoms with Crippen molar-refractivity contribution < 1.29 is 0 Å². The summed E-state index contributed by atoms with van der Waals surface area (Å²) in [5, 5.41) is 0. The van der Waals surface area contributed by atoms with Gasteiger partial charge in [0.15, 0.2) is 5.43 Å². The summed E-state index contributed by atoms with van der Waals surface area (Å²) >= 11 is 0. The molecular weight excluding hydrogens is 188 g/mol. The van der Waals surface area contributed by atoms with Gasteiger partial charge in [0.1, 0.15) is 0 Å². The summed E-state index contributed by atoms with van der Waals surface area (Å²) in [7, 11) is 0. The number of fused-ring (bicyclic) bond motifs is 1. The average molecular weight is 195 g/mol. The van der Waals surface area contributed by atoms with Crippen molar-refractivity contribution in [1.29, 1.82) is 0 Å². The number of hydrogen-bond donors (Lipinski definition) is 0. The van der Waals surface area contributed by atoms with Crippen molar-refractivity contribution in [1.82, 2.24) is 9.97 Å². The molecule has 0 aromatic carbocycles. The van der Waals surface area contributed by atoms with E-state index in [4.69, 9.17) is 0 Å². The molecule has 1 aliphatic heterocycles. The second kappa shape index (κ2) is 3.96. The van der Waals surface area contributed by atoms with E-state index < -0.39 is 0 Å². The van der Waals surface area contributed by atoms with Crippen LogP contribution >= 0.6 is 12.4 Å². The van der Waals surface area contributed by atoms with Gasteiger partial charge in [-0.3, -0.25) is 14.8 Å². The molecule has 0 saturated heterocycles. The van der Waals surface area contributed by atoms with Gasteiger partial charge in [0.25, 0.3) is 0 Å². The third kappa shape index (κ3) is 1.81. The fourth-order valence-electron chi connectivity index (χ4n) is 1.04. The van der Waals surface area contributed by atoms with E-state index >= 15 is 0 Å². The second-order valence-corrected chi connectivity index (χ2v) is 2.39. The fourth-order valence-corrected chi connectivity index (χ4v) is 1.04. The highest BCUT2D eigenvalue weighted by molar-refractivity contribution is 5.85. The predicted octanol–water partition coefficient (Wildman–Crippen LogP) is 1.36. The molecular formula is C9H7ClN2O. The molecule has 1 aliphatic carbocycles. The van der Waals surface area contributed by atoms with Crippen molar-refractivity contribution in [3.8, 4) is 11.3 Å². The highest BCUT2D eigenvalue weighted by atomic mass is 35.5. The lowest BCUT2D eigenvalue weighted by Crippen LogP contribution is -2.02. The van der Waals surface area contributed by atoms with Crippen LogP contribution in [0.3, 0.4) is 0 Å². The molecule has 0 aromatic rings. The lowest BCUT2D eigenvalue weighted by molar-refractivity contribution is 1.33. The van der Waals surface area contributed by atoms with Gasteiger partial charge in [-0.1, -0.05) is 6.07 Å². The first-order valence-corrected chi connectivity index (χ1v) is 3.57. The van der Waals surface area contributed by atoms with Crippen LogP contribution in [0, 0.1) is 0 Å². The van der Waals surface area contributed by atoms with Crippen LogP contribution in [0.15, 0.2) is 41.6 Å². The molecule has 0 aromatic heterocycles. The molecule has 66 valence electrons. The molecule has 0 amide bonds. The Morgan fingerprint density at radius 3 is 2.85 bits per heavy atom. The molecule has 0 spiro atoms. The zero-order valence-corrected chi connectivity index (χ0v) is 7.49. The van der Waals surface area contributed by atoms with Gasteiger partial charge in [-0.15, -0.1) is 12.4 Å². The normalized spacial score (nSPS) is 9.23. The maximum atomic E-state index is 11.2. The Hall–Kier alpha value is -1.48. The van der Waals surface area contributed by atoms with Crippen LogP contribution in [0.5, 0.6) is 0 Å². The van der Waals surface area contributed by atoms with Gasteiger partial charge in [0, 0.05) is 18.6 Å². The second-order valence-electron chi connectivity index (χ2n) is 2.39. The zero-order chi connectivity index (χ0) is 8.39. The summed E-state index contributed by atoms with van der Waals surface area (Å²) < 4.78 is 0. The van der Waals surface area contributed by atoms with Crippen LogP contribution in [0.2, 0.25) is 0 Å². The van der Waals surface area contributed by atoms with Gasteiger partial charge >= 0.3 is 0 Å². The van der Waals surface area contributed by atoms with E-state index in [1.54, 1.807) is 24.5 Å². The minimum atomic E-state index is -0.0382. The molecule has 0 radical (unpaired) electrons. The molecule has 0 fully saturated rings. The summed E-state index contributed by atoms with van der Waals surface area (Å²) in [6.45, 7) is 0. The van der Waals surface area contributed by atoms with Gasteiger partial charge in [-0.2, -0.15) is 0 Å². The summed E-state index contributed by atoms with van der Waals surface area (Å²) in [6, 6.07) is 4.99. The smallest absolute Gasteiger partial charge is 0.189 e. The first-order chi connectivity index (χ1) is 5.88. The van der Waals surface area contributed by atoms with E-state index in [9.17, 15) is 4.79 Å². The highest BCUT2D eigenvalue weighted by Crippen LogP contribution is 2.09. The van der Waals surface area contributed by atoms with Crippen molar-refractivity contribution in [3.05, 3.63) is 47.0 Å². The Kier molecular flexibility index (Phi) is 2.93. The molecule has 0 atom stereocenters. The molecule has 0 saturated carbocycles. The van der Waals surface area contributed by atoms with Crippen LogP contribution in [0.25, 0.3) is 11.3 Å². The van der Waals surface area contributed by atoms with Crippen LogP contribution in [0.4, 0.5) is 0 Å². The first kappa shape index (κ1) is 9.61. The number of halogens is 1. The lowest BCUT2D eigenvalue weighted by atomic mass is 10.1. The lowest BCUT2D eigenvalue weighted by Gasteiger charge is -1.93. The molecule has 0 bridgehead atoms. The monoisotopic (exact) mass is 194 g/mol. The van der Waals surface area contributed by atoms with E-state index in [0.717, 1.165) is 0 Å². The van der Waals surface area contributed by atoms with Crippen molar-refractivity contribution in [2.75, 3.05) is 0 Å².